The van der Waals surface area contributed by atoms with Gasteiger partial charge in [0.25, 0.3) is 5.91 Å². The number of nitrogens with zero attached hydrogens (tertiary/aromatic N) is 1. The number of phenolic OH excluding ortho intramolecular Hbond substituents is 1. The molecule has 0 unspecified atom stereocenters. The Hall–Kier alpha value is -4.07. The van der Waals surface area contributed by atoms with Crippen molar-refractivity contribution in [2.24, 2.45) is 0 Å². The number of para-hydroxylation sites is 1. The monoisotopic (exact) mass is 451 g/mol. The van der Waals surface area contributed by atoms with Gasteiger partial charge < -0.3 is 19.3 Å². The maximum Gasteiger partial charge on any atom is 0.340 e. The lowest BCUT2D eigenvalue weighted by Gasteiger charge is -2.18. The van der Waals surface area contributed by atoms with Gasteiger partial charge in [0.2, 0.25) is 0 Å². The minimum Gasteiger partial charge on any atom is -0.504 e. The van der Waals surface area contributed by atoms with Crippen LogP contribution in [0.25, 0.3) is 6.08 Å². The second-order valence-corrected chi connectivity index (χ2v) is 7.04. The van der Waals surface area contributed by atoms with Crippen molar-refractivity contribution in [3.63, 3.8) is 0 Å². The molecule has 0 bridgehead atoms. The van der Waals surface area contributed by atoms with Crippen LogP contribution in [0.5, 0.6) is 11.5 Å². The Kier molecular flexibility index (Phi) is 7.17. The fourth-order valence-electron chi connectivity index (χ4n) is 3.54. The van der Waals surface area contributed by atoms with Crippen molar-refractivity contribution in [3.8, 4) is 11.5 Å². The van der Waals surface area contributed by atoms with Crippen LogP contribution in [-0.2, 0) is 19.1 Å². The van der Waals surface area contributed by atoms with E-state index in [0.717, 1.165) is 0 Å². The zero-order chi connectivity index (χ0) is 24.1. The SMILES string of the molecule is CCOC(=O)c1ccc(N2C(=O)/C(=C\c3cccc(OCC)c3O)C(C(=O)OC)=C2C)cc1. The molecule has 0 spiro atoms. The van der Waals surface area contributed by atoms with Crippen LogP contribution in [-0.4, -0.2) is 43.3 Å². The molecule has 172 valence electrons. The summed E-state index contributed by atoms with van der Waals surface area (Å²) >= 11 is 0. The number of hydrogen-bond donors (Lipinski definition) is 1. The molecule has 0 aromatic heterocycles. The molecule has 8 heteroatoms. The first-order chi connectivity index (χ1) is 15.8. The average molecular weight is 451 g/mol. The molecule has 0 fully saturated rings. The van der Waals surface area contributed by atoms with Crippen LogP contribution < -0.4 is 9.64 Å². The van der Waals surface area contributed by atoms with E-state index in [-0.39, 0.29) is 29.3 Å². The fourth-order valence-corrected chi connectivity index (χ4v) is 3.54. The van der Waals surface area contributed by atoms with Gasteiger partial charge in [-0.3, -0.25) is 9.69 Å². The van der Waals surface area contributed by atoms with Crippen LogP contribution in [0.2, 0.25) is 0 Å². The molecular formula is C25H25NO7. The summed E-state index contributed by atoms with van der Waals surface area (Å²) in [6.07, 6.45) is 1.43. The highest BCUT2D eigenvalue weighted by Gasteiger charge is 2.38. The lowest BCUT2D eigenvalue weighted by molar-refractivity contribution is -0.136. The number of ether oxygens (including phenoxy) is 3. The highest BCUT2D eigenvalue weighted by Crippen LogP contribution is 2.38. The van der Waals surface area contributed by atoms with Crippen molar-refractivity contribution in [2.75, 3.05) is 25.2 Å². The summed E-state index contributed by atoms with van der Waals surface area (Å²) in [7, 11) is 1.23. The number of rotatable bonds is 7. The van der Waals surface area contributed by atoms with Crippen molar-refractivity contribution in [3.05, 3.63) is 70.4 Å². The minimum absolute atomic E-state index is 0.0674. The molecule has 0 saturated heterocycles. The quantitative estimate of drug-likeness (QED) is 0.504. The molecular weight excluding hydrogens is 426 g/mol. The zero-order valence-electron chi connectivity index (χ0n) is 18.9. The molecule has 1 aliphatic rings. The van der Waals surface area contributed by atoms with E-state index in [4.69, 9.17) is 14.2 Å². The van der Waals surface area contributed by atoms with Crippen molar-refractivity contribution in [1.29, 1.82) is 0 Å². The van der Waals surface area contributed by atoms with Gasteiger partial charge >= 0.3 is 11.9 Å². The summed E-state index contributed by atoms with van der Waals surface area (Å²) in [4.78, 5) is 39.3. The third-order valence-electron chi connectivity index (χ3n) is 5.06. The van der Waals surface area contributed by atoms with Gasteiger partial charge in [-0.15, -0.1) is 0 Å². The number of anilines is 1. The molecule has 1 aliphatic heterocycles. The molecule has 0 aliphatic carbocycles. The van der Waals surface area contributed by atoms with Crippen molar-refractivity contribution < 1.29 is 33.7 Å². The lowest BCUT2D eigenvalue weighted by Crippen LogP contribution is -2.24. The van der Waals surface area contributed by atoms with Crippen LogP contribution in [0.1, 0.15) is 36.7 Å². The Morgan fingerprint density at radius 1 is 1.03 bits per heavy atom. The first kappa shape index (κ1) is 23.6. The highest BCUT2D eigenvalue weighted by atomic mass is 16.5. The van der Waals surface area contributed by atoms with Crippen LogP contribution in [0.15, 0.2) is 59.3 Å². The number of amides is 1. The Labute approximate surface area is 191 Å². The lowest BCUT2D eigenvalue weighted by atomic mass is 10.0. The van der Waals surface area contributed by atoms with Gasteiger partial charge in [-0.1, -0.05) is 12.1 Å². The third-order valence-corrected chi connectivity index (χ3v) is 5.06. The molecule has 2 aromatic carbocycles. The van der Waals surface area contributed by atoms with E-state index in [1.165, 1.54) is 18.1 Å². The second-order valence-electron chi connectivity index (χ2n) is 7.04. The highest BCUT2D eigenvalue weighted by molar-refractivity contribution is 6.24. The molecule has 0 atom stereocenters. The van der Waals surface area contributed by atoms with Crippen molar-refractivity contribution in [2.45, 2.75) is 20.8 Å². The van der Waals surface area contributed by atoms with Gasteiger partial charge in [0.1, 0.15) is 0 Å². The predicted molar refractivity (Wildman–Crippen MR) is 122 cm³/mol. The topological polar surface area (TPSA) is 102 Å². The summed E-state index contributed by atoms with van der Waals surface area (Å²) in [6, 6.07) is 11.2. The van der Waals surface area contributed by atoms with Crippen LogP contribution in [0.4, 0.5) is 5.69 Å². The number of methoxy groups -OCH3 is 1. The summed E-state index contributed by atoms with van der Waals surface area (Å²) < 4.78 is 15.3. The van der Waals surface area contributed by atoms with Gasteiger partial charge in [-0.05, 0) is 57.2 Å². The maximum absolute atomic E-state index is 13.4. The first-order valence-electron chi connectivity index (χ1n) is 10.4. The molecule has 0 saturated carbocycles. The number of allylic oxidation sites excluding steroid dienone is 1. The summed E-state index contributed by atoms with van der Waals surface area (Å²) in [5.74, 6) is -1.50. The Bertz CT molecular complexity index is 1150. The standard InChI is InChI=1S/C25H25NO7/c1-5-32-20-9-7-8-17(22(20)27)14-19-21(25(30)31-4)15(3)26(23(19)28)18-12-10-16(11-13-18)24(29)33-6-2/h7-14,27H,5-6H2,1-4H3/b19-14-. The van der Waals surface area contributed by atoms with E-state index in [1.807, 2.05) is 0 Å². The number of phenols is 1. The van der Waals surface area contributed by atoms with E-state index in [1.54, 1.807) is 63.2 Å². The fraction of sp³-hybridized carbons (Fsp3) is 0.240. The van der Waals surface area contributed by atoms with Gasteiger partial charge in [0, 0.05) is 16.9 Å². The van der Waals surface area contributed by atoms with Gasteiger partial charge in [0.05, 0.1) is 37.0 Å². The van der Waals surface area contributed by atoms with Gasteiger partial charge in [0.15, 0.2) is 11.5 Å². The Morgan fingerprint density at radius 2 is 1.73 bits per heavy atom. The minimum atomic E-state index is -0.682. The molecule has 0 radical (unpaired) electrons. The van der Waals surface area contributed by atoms with Gasteiger partial charge in [-0.25, -0.2) is 9.59 Å². The summed E-state index contributed by atoms with van der Waals surface area (Å²) in [5, 5.41) is 10.6. The smallest absolute Gasteiger partial charge is 0.340 e. The van der Waals surface area contributed by atoms with E-state index in [9.17, 15) is 19.5 Å². The zero-order valence-corrected chi connectivity index (χ0v) is 18.9. The molecule has 1 heterocycles. The van der Waals surface area contributed by atoms with E-state index in [0.29, 0.717) is 29.1 Å². The van der Waals surface area contributed by atoms with Crippen molar-refractivity contribution >= 4 is 29.6 Å². The molecule has 2 aromatic rings. The number of esters is 2. The van der Waals surface area contributed by atoms with E-state index >= 15 is 0 Å². The van der Waals surface area contributed by atoms with E-state index in [2.05, 4.69) is 0 Å². The molecule has 33 heavy (non-hydrogen) atoms. The van der Waals surface area contributed by atoms with Crippen LogP contribution in [0.3, 0.4) is 0 Å². The maximum atomic E-state index is 13.4. The second kappa shape index (κ2) is 10.0. The molecule has 3 rings (SSSR count). The van der Waals surface area contributed by atoms with Gasteiger partial charge in [-0.2, -0.15) is 0 Å². The molecule has 1 amide bonds. The molecule has 1 N–H and O–H groups in total. The van der Waals surface area contributed by atoms with Crippen molar-refractivity contribution in [1.82, 2.24) is 0 Å². The first-order valence-corrected chi connectivity index (χ1v) is 10.4. The molecule has 8 nitrogen and oxygen atoms in total. The largest absolute Gasteiger partial charge is 0.504 e. The Balaban J connectivity index is 2.07. The number of hydrogen-bond acceptors (Lipinski definition) is 7. The predicted octanol–water partition coefficient (Wildman–Crippen LogP) is 3.84. The third kappa shape index (κ3) is 4.59. The number of aromatic hydroxyl groups is 1. The summed E-state index contributed by atoms with van der Waals surface area (Å²) in [6.45, 7) is 5.74. The number of carbonyl (C=O) groups is 3. The van der Waals surface area contributed by atoms with Crippen LogP contribution >= 0.6 is 0 Å². The van der Waals surface area contributed by atoms with E-state index < -0.39 is 17.8 Å². The normalized spacial score (nSPS) is 14.6. The summed E-state index contributed by atoms with van der Waals surface area (Å²) in [5.41, 5.74) is 1.63. The number of carbonyl (C=O) groups excluding carboxylic acids is 3. The van der Waals surface area contributed by atoms with Crippen LogP contribution in [0, 0.1) is 0 Å². The average Bonchev–Trinajstić information content (AvgIpc) is 3.05. The Morgan fingerprint density at radius 3 is 2.33 bits per heavy atom. The number of benzene rings is 2.